The van der Waals surface area contributed by atoms with E-state index in [1.54, 1.807) is 0 Å². The molecule has 0 aliphatic heterocycles. The maximum Gasteiger partial charge on any atom is 0.202 e. The zero-order valence-electron chi connectivity index (χ0n) is 8.32. The Bertz CT molecular complexity index is 285. The van der Waals surface area contributed by atoms with Gasteiger partial charge in [0, 0.05) is 24.2 Å². The molecule has 2 rings (SSSR count). The van der Waals surface area contributed by atoms with Crippen molar-refractivity contribution in [3.05, 3.63) is 5.82 Å². The van der Waals surface area contributed by atoms with Gasteiger partial charge in [-0.2, -0.15) is 4.37 Å². The highest BCUT2D eigenvalue weighted by Gasteiger charge is 2.22. The molecule has 0 unspecified atom stereocenters. The zero-order valence-corrected chi connectivity index (χ0v) is 9.14. The largest absolute Gasteiger partial charge is 0.373 e. The minimum absolute atomic E-state index is 0.538. The van der Waals surface area contributed by atoms with Crippen LogP contribution in [0.2, 0.25) is 0 Å². The minimum atomic E-state index is 0.538. The zero-order chi connectivity index (χ0) is 9.80. The van der Waals surface area contributed by atoms with E-state index in [9.17, 15) is 0 Å². The van der Waals surface area contributed by atoms with Crippen molar-refractivity contribution in [1.82, 2.24) is 9.36 Å². The highest BCUT2D eigenvalue weighted by atomic mass is 32.1. The van der Waals surface area contributed by atoms with E-state index >= 15 is 0 Å². The third-order valence-corrected chi connectivity index (χ3v) is 2.64. The lowest BCUT2D eigenvalue weighted by Gasteiger charge is -1.97. The second kappa shape index (κ2) is 4.70. The van der Waals surface area contributed by atoms with Crippen molar-refractivity contribution in [2.24, 2.45) is 0 Å². The summed E-state index contributed by atoms with van der Waals surface area (Å²) in [6.45, 7) is 3.41. The van der Waals surface area contributed by atoms with Crippen LogP contribution in [0.5, 0.6) is 0 Å². The normalized spacial score (nSPS) is 15.8. The van der Waals surface area contributed by atoms with E-state index in [0.717, 1.165) is 24.0 Å². The van der Waals surface area contributed by atoms with Crippen molar-refractivity contribution in [2.75, 3.05) is 11.9 Å². The van der Waals surface area contributed by atoms with Crippen LogP contribution in [-0.4, -0.2) is 22.0 Å². The Balaban J connectivity index is 1.76. The van der Waals surface area contributed by atoms with Crippen LogP contribution in [0.15, 0.2) is 0 Å². The molecule has 0 bridgehead atoms. The fraction of sp³-hybridized carbons (Fsp3) is 0.778. The number of nitrogens with one attached hydrogen (secondary N) is 1. The van der Waals surface area contributed by atoms with Gasteiger partial charge >= 0.3 is 0 Å². The average Bonchev–Trinajstić information content (AvgIpc) is 2.87. The highest BCUT2D eigenvalue weighted by Crippen LogP contribution is 2.25. The monoisotopic (exact) mass is 213 g/mol. The molecule has 1 fully saturated rings. The van der Waals surface area contributed by atoms with Gasteiger partial charge in [0.2, 0.25) is 5.13 Å². The summed E-state index contributed by atoms with van der Waals surface area (Å²) in [6.07, 6.45) is 3.57. The van der Waals surface area contributed by atoms with Crippen LogP contribution in [0.3, 0.4) is 0 Å². The van der Waals surface area contributed by atoms with Gasteiger partial charge in [0.05, 0.1) is 0 Å². The quantitative estimate of drug-likeness (QED) is 0.735. The summed E-state index contributed by atoms with van der Waals surface area (Å²) in [4.78, 5) is 4.33. The molecule has 0 atom stereocenters. The average molecular weight is 213 g/mol. The van der Waals surface area contributed by atoms with Gasteiger partial charge < -0.3 is 10.1 Å². The van der Waals surface area contributed by atoms with Crippen molar-refractivity contribution >= 4 is 16.7 Å². The molecule has 0 aromatic carbocycles. The lowest BCUT2D eigenvalue weighted by atomic mass is 10.5. The second-order valence-electron chi connectivity index (χ2n) is 3.49. The maximum atomic E-state index is 5.36. The predicted octanol–water partition coefficient (Wildman–Crippen LogP) is 2.04. The van der Waals surface area contributed by atoms with Gasteiger partial charge in [-0.15, -0.1) is 0 Å². The Morgan fingerprint density at radius 2 is 2.43 bits per heavy atom. The molecule has 1 N–H and O–H groups in total. The van der Waals surface area contributed by atoms with Crippen LogP contribution in [-0.2, 0) is 11.3 Å². The molecule has 78 valence electrons. The molecule has 1 saturated carbocycles. The fourth-order valence-electron chi connectivity index (χ4n) is 1.08. The topological polar surface area (TPSA) is 47.0 Å². The van der Waals surface area contributed by atoms with Crippen molar-refractivity contribution in [3.8, 4) is 0 Å². The molecule has 14 heavy (non-hydrogen) atoms. The molecule has 1 aromatic rings. The van der Waals surface area contributed by atoms with Crippen LogP contribution in [0.1, 0.15) is 32.0 Å². The molecule has 1 aliphatic carbocycles. The van der Waals surface area contributed by atoms with Crippen molar-refractivity contribution in [2.45, 2.75) is 38.8 Å². The fourth-order valence-corrected chi connectivity index (χ4v) is 1.73. The van der Waals surface area contributed by atoms with Gasteiger partial charge in [-0.3, -0.25) is 0 Å². The molecule has 1 aliphatic rings. The van der Waals surface area contributed by atoms with Gasteiger partial charge in [0.1, 0.15) is 6.61 Å². The predicted molar refractivity (Wildman–Crippen MR) is 56.5 cm³/mol. The van der Waals surface area contributed by atoms with Crippen molar-refractivity contribution < 1.29 is 4.74 Å². The first-order valence-corrected chi connectivity index (χ1v) is 5.82. The number of nitrogens with zero attached hydrogens (tertiary/aromatic N) is 2. The Kier molecular flexibility index (Phi) is 3.31. The summed E-state index contributed by atoms with van der Waals surface area (Å²) >= 11 is 1.42. The molecule has 0 saturated heterocycles. The Hall–Kier alpha value is -0.680. The van der Waals surface area contributed by atoms with E-state index in [1.807, 2.05) is 0 Å². The summed E-state index contributed by atoms with van der Waals surface area (Å²) in [5.41, 5.74) is 0. The molecular weight excluding hydrogens is 198 g/mol. The number of hydrogen-bond acceptors (Lipinski definition) is 5. The van der Waals surface area contributed by atoms with E-state index in [4.69, 9.17) is 4.74 Å². The van der Waals surface area contributed by atoms with E-state index in [1.165, 1.54) is 24.4 Å². The molecule has 1 aromatic heterocycles. The molecule has 0 spiro atoms. The number of ether oxygens (including phenoxy) is 1. The summed E-state index contributed by atoms with van der Waals surface area (Å²) in [5, 5.41) is 4.25. The Morgan fingerprint density at radius 1 is 1.57 bits per heavy atom. The number of aromatic nitrogens is 2. The Labute approximate surface area is 87.9 Å². The first-order valence-electron chi connectivity index (χ1n) is 5.05. The number of rotatable bonds is 6. The molecule has 4 nitrogen and oxygen atoms in total. The second-order valence-corrected chi connectivity index (χ2v) is 4.24. The van der Waals surface area contributed by atoms with Gasteiger partial charge in [0.15, 0.2) is 5.82 Å². The van der Waals surface area contributed by atoms with Crippen LogP contribution >= 0.6 is 11.5 Å². The van der Waals surface area contributed by atoms with Gasteiger partial charge in [-0.1, -0.05) is 6.92 Å². The summed E-state index contributed by atoms with van der Waals surface area (Å²) in [7, 11) is 0. The molecule has 5 heteroatoms. The van der Waals surface area contributed by atoms with Crippen molar-refractivity contribution in [1.29, 1.82) is 0 Å². The van der Waals surface area contributed by atoms with E-state index in [-0.39, 0.29) is 0 Å². The van der Waals surface area contributed by atoms with Crippen LogP contribution in [0, 0.1) is 0 Å². The highest BCUT2D eigenvalue weighted by molar-refractivity contribution is 7.09. The smallest absolute Gasteiger partial charge is 0.202 e. The maximum absolute atomic E-state index is 5.36. The first kappa shape index (κ1) is 9.86. The number of anilines is 1. The summed E-state index contributed by atoms with van der Waals surface area (Å²) < 4.78 is 9.57. The van der Waals surface area contributed by atoms with Crippen LogP contribution < -0.4 is 5.32 Å². The summed E-state index contributed by atoms with van der Waals surface area (Å²) in [6, 6.07) is 0.646. The number of hydrogen-bond donors (Lipinski definition) is 1. The SMILES string of the molecule is CCCOCc1nsc(NC2CC2)n1. The lowest BCUT2D eigenvalue weighted by molar-refractivity contribution is 0.117. The minimum Gasteiger partial charge on any atom is -0.373 e. The molecule has 0 radical (unpaired) electrons. The van der Waals surface area contributed by atoms with Gasteiger partial charge in [-0.05, 0) is 19.3 Å². The van der Waals surface area contributed by atoms with E-state index in [2.05, 4.69) is 21.6 Å². The van der Waals surface area contributed by atoms with Crippen LogP contribution in [0.4, 0.5) is 5.13 Å². The van der Waals surface area contributed by atoms with E-state index < -0.39 is 0 Å². The van der Waals surface area contributed by atoms with Crippen LogP contribution in [0.25, 0.3) is 0 Å². The Morgan fingerprint density at radius 3 is 3.14 bits per heavy atom. The molecule has 1 heterocycles. The van der Waals surface area contributed by atoms with Crippen molar-refractivity contribution in [3.63, 3.8) is 0 Å². The van der Waals surface area contributed by atoms with Gasteiger partial charge in [-0.25, -0.2) is 4.98 Å². The third kappa shape index (κ3) is 2.92. The third-order valence-electron chi connectivity index (χ3n) is 1.95. The molecular formula is C9H15N3OS. The molecule has 0 amide bonds. The van der Waals surface area contributed by atoms with E-state index in [0.29, 0.717) is 12.6 Å². The standard InChI is InChI=1S/C9H15N3OS/c1-2-5-13-6-8-11-9(14-12-8)10-7-3-4-7/h7H,2-6H2,1H3,(H,10,11,12). The first-order chi connectivity index (χ1) is 6.88. The lowest BCUT2D eigenvalue weighted by Crippen LogP contribution is -2.01. The van der Waals surface area contributed by atoms with Gasteiger partial charge in [0.25, 0.3) is 0 Å². The summed E-state index contributed by atoms with van der Waals surface area (Å²) in [5.74, 6) is 0.798.